The molecule has 0 radical (unpaired) electrons. The molecular weight excluding hydrogens is 358 g/mol. The van der Waals surface area contributed by atoms with Gasteiger partial charge in [0.25, 0.3) is 5.91 Å². The van der Waals surface area contributed by atoms with E-state index in [9.17, 15) is 14.4 Å². The van der Waals surface area contributed by atoms with Crippen LogP contribution in [0.2, 0.25) is 0 Å². The molecule has 7 nitrogen and oxygen atoms in total. The number of fused-ring (bicyclic) bond motifs is 1. The highest BCUT2D eigenvalue weighted by Crippen LogP contribution is 2.29. The van der Waals surface area contributed by atoms with E-state index in [0.29, 0.717) is 19.7 Å². The van der Waals surface area contributed by atoms with E-state index in [0.717, 1.165) is 37.0 Å². The highest BCUT2D eigenvalue weighted by molar-refractivity contribution is 6.04. The Labute approximate surface area is 165 Å². The lowest BCUT2D eigenvalue weighted by Crippen LogP contribution is -2.39. The lowest BCUT2D eigenvalue weighted by atomic mass is 9.84. The third-order valence-corrected chi connectivity index (χ3v) is 6.03. The Morgan fingerprint density at radius 3 is 2.75 bits per heavy atom. The molecule has 0 unspecified atom stereocenters. The first kappa shape index (κ1) is 18.8. The minimum atomic E-state index is -0.415. The third-order valence-electron chi connectivity index (χ3n) is 6.03. The van der Waals surface area contributed by atoms with Crippen molar-refractivity contribution in [1.82, 2.24) is 15.1 Å². The quantitative estimate of drug-likeness (QED) is 0.807. The van der Waals surface area contributed by atoms with Crippen LogP contribution in [0, 0.1) is 5.92 Å². The van der Waals surface area contributed by atoms with Crippen LogP contribution in [-0.2, 0) is 16.1 Å². The molecule has 150 valence electrons. The minimum absolute atomic E-state index is 0.0676. The van der Waals surface area contributed by atoms with E-state index >= 15 is 0 Å². The first-order valence-electron chi connectivity index (χ1n) is 10.2. The zero-order chi connectivity index (χ0) is 19.5. The van der Waals surface area contributed by atoms with Gasteiger partial charge in [0, 0.05) is 25.1 Å². The van der Waals surface area contributed by atoms with Crippen LogP contribution in [0.4, 0.5) is 4.79 Å². The van der Waals surface area contributed by atoms with Crippen molar-refractivity contribution in [2.75, 3.05) is 19.7 Å². The fourth-order valence-corrected chi connectivity index (χ4v) is 4.44. The second kappa shape index (κ2) is 8.20. The molecule has 2 fully saturated rings. The van der Waals surface area contributed by atoms with Crippen LogP contribution in [0.5, 0.6) is 5.75 Å². The Balaban J connectivity index is 1.34. The molecule has 4 amide bonds. The number of benzene rings is 1. The number of carbonyl (C=O) groups is 3. The maximum Gasteiger partial charge on any atom is 0.324 e. The smallest absolute Gasteiger partial charge is 0.324 e. The van der Waals surface area contributed by atoms with Gasteiger partial charge in [0.05, 0.1) is 6.54 Å². The van der Waals surface area contributed by atoms with Crippen molar-refractivity contribution in [2.45, 2.75) is 51.1 Å². The molecule has 2 aliphatic heterocycles. The number of ether oxygens (including phenoxy) is 1. The molecular formula is C21H27N3O4. The summed E-state index contributed by atoms with van der Waals surface area (Å²) in [4.78, 5) is 40.7. The van der Waals surface area contributed by atoms with Crippen molar-refractivity contribution in [3.63, 3.8) is 0 Å². The molecule has 1 saturated heterocycles. The number of hydrogen-bond acceptors (Lipinski definition) is 4. The maximum absolute atomic E-state index is 12.7. The fraction of sp³-hybridized carbons (Fsp3) is 0.571. The van der Waals surface area contributed by atoms with Crippen molar-refractivity contribution in [3.8, 4) is 5.75 Å². The average Bonchev–Trinajstić information content (AvgIpc) is 2.88. The molecule has 1 N–H and O–H groups in total. The fourth-order valence-electron chi connectivity index (χ4n) is 4.44. The van der Waals surface area contributed by atoms with E-state index < -0.39 is 6.04 Å². The van der Waals surface area contributed by atoms with Gasteiger partial charge in [-0.3, -0.25) is 14.5 Å². The minimum Gasteiger partial charge on any atom is -0.491 e. The first-order chi connectivity index (χ1) is 13.6. The predicted molar refractivity (Wildman–Crippen MR) is 103 cm³/mol. The Bertz CT molecular complexity index is 760. The number of para-hydroxylation sites is 1. The largest absolute Gasteiger partial charge is 0.491 e. The van der Waals surface area contributed by atoms with Gasteiger partial charge in [0.1, 0.15) is 18.4 Å². The molecule has 1 aromatic carbocycles. The van der Waals surface area contributed by atoms with Gasteiger partial charge in [-0.2, -0.15) is 0 Å². The summed E-state index contributed by atoms with van der Waals surface area (Å²) in [7, 11) is 0. The van der Waals surface area contributed by atoms with Crippen LogP contribution < -0.4 is 10.1 Å². The van der Waals surface area contributed by atoms with Gasteiger partial charge < -0.3 is 15.0 Å². The summed E-state index contributed by atoms with van der Waals surface area (Å²) in [6.07, 6.45) is 5.53. The topological polar surface area (TPSA) is 79.0 Å². The van der Waals surface area contributed by atoms with Crippen LogP contribution in [-0.4, -0.2) is 53.4 Å². The van der Waals surface area contributed by atoms with Crippen molar-refractivity contribution < 1.29 is 19.1 Å². The number of rotatable bonds is 4. The summed E-state index contributed by atoms with van der Waals surface area (Å²) in [5.74, 6) is 0.795. The summed E-state index contributed by atoms with van der Waals surface area (Å²) >= 11 is 0. The molecule has 0 bridgehead atoms. The molecule has 4 rings (SSSR count). The van der Waals surface area contributed by atoms with Gasteiger partial charge in [0.2, 0.25) is 5.91 Å². The highest BCUT2D eigenvalue weighted by atomic mass is 16.5. The Hall–Kier alpha value is -2.57. The summed E-state index contributed by atoms with van der Waals surface area (Å²) in [5, 5.41) is 2.84. The summed E-state index contributed by atoms with van der Waals surface area (Å²) < 4.78 is 5.70. The molecule has 2 heterocycles. The average molecular weight is 385 g/mol. The number of carbonyl (C=O) groups excluding carboxylic acids is 3. The lowest BCUT2D eigenvalue weighted by molar-refractivity contribution is -0.133. The second-order valence-electron chi connectivity index (χ2n) is 7.84. The Kier molecular flexibility index (Phi) is 5.50. The molecule has 28 heavy (non-hydrogen) atoms. The van der Waals surface area contributed by atoms with E-state index in [4.69, 9.17) is 4.74 Å². The van der Waals surface area contributed by atoms with E-state index in [2.05, 4.69) is 5.32 Å². The van der Waals surface area contributed by atoms with E-state index in [1.54, 1.807) is 4.90 Å². The van der Waals surface area contributed by atoms with Gasteiger partial charge in [0.15, 0.2) is 0 Å². The number of nitrogens with one attached hydrogen (secondary N) is 1. The Morgan fingerprint density at radius 1 is 1.14 bits per heavy atom. The van der Waals surface area contributed by atoms with Gasteiger partial charge >= 0.3 is 6.03 Å². The van der Waals surface area contributed by atoms with Crippen LogP contribution >= 0.6 is 0 Å². The van der Waals surface area contributed by atoms with Gasteiger partial charge in [-0.05, 0) is 24.8 Å². The monoisotopic (exact) mass is 385 g/mol. The summed E-state index contributed by atoms with van der Waals surface area (Å²) in [5.41, 5.74) is 0.973. The molecule has 1 aliphatic carbocycles. The van der Waals surface area contributed by atoms with Crippen molar-refractivity contribution in [3.05, 3.63) is 29.8 Å². The molecule has 0 spiro atoms. The highest BCUT2D eigenvalue weighted by Gasteiger charge is 2.42. The normalized spacial score (nSPS) is 23.1. The van der Waals surface area contributed by atoms with Gasteiger partial charge in [-0.1, -0.05) is 37.5 Å². The van der Waals surface area contributed by atoms with E-state index in [1.807, 2.05) is 24.3 Å². The zero-order valence-electron chi connectivity index (χ0n) is 16.1. The molecule has 3 aliphatic rings. The predicted octanol–water partition coefficient (Wildman–Crippen LogP) is 2.30. The number of amides is 4. The zero-order valence-corrected chi connectivity index (χ0v) is 16.1. The van der Waals surface area contributed by atoms with Crippen LogP contribution in [0.1, 0.15) is 44.1 Å². The molecule has 1 atom stereocenters. The van der Waals surface area contributed by atoms with Crippen LogP contribution in [0.3, 0.4) is 0 Å². The van der Waals surface area contributed by atoms with Crippen molar-refractivity contribution >= 4 is 17.8 Å². The summed E-state index contributed by atoms with van der Waals surface area (Å²) in [6.45, 7) is 1.56. The van der Waals surface area contributed by atoms with E-state index in [-0.39, 0.29) is 36.7 Å². The van der Waals surface area contributed by atoms with Gasteiger partial charge in [-0.15, -0.1) is 0 Å². The molecule has 1 saturated carbocycles. The van der Waals surface area contributed by atoms with Crippen LogP contribution in [0.25, 0.3) is 0 Å². The Morgan fingerprint density at radius 2 is 1.93 bits per heavy atom. The molecule has 1 aromatic rings. The van der Waals surface area contributed by atoms with E-state index in [1.165, 1.54) is 11.3 Å². The van der Waals surface area contributed by atoms with Crippen molar-refractivity contribution in [1.29, 1.82) is 0 Å². The maximum atomic E-state index is 12.7. The van der Waals surface area contributed by atoms with Crippen molar-refractivity contribution in [2.24, 2.45) is 5.92 Å². The first-order valence-corrected chi connectivity index (χ1v) is 10.2. The summed E-state index contributed by atoms with van der Waals surface area (Å²) in [6, 6.07) is 6.92. The molecule has 7 heteroatoms. The number of urea groups is 1. The lowest BCUT2D eigenvalue weighted by Gasteiger charge is -2.25. The SMILES string of the molecule is O=C(CCN1C(=O)N[C@@H](C2CCCCC2)C1=O)N1CCOc2ccccc2C1. The number of nitrogens with zero attached hydrogens (tertiary/aromatic N) is 2. The third kappa shape index (κ3) is 3.84. The standard InChI is InChI=1S/C21H27N3O4/c25-18(23-12-13-28-17-9-5-4-8-16(17)14-23)10-11-24-20(26)19(22-21(24)27)15-6-2-1-3-7-15/h4-5,8-9,15,19H,1-3,6-7,10-14H2,(H,22,27)/t19-/m0/s1. The number of hydrogen-bond donors (Lipinski definition) is 1. The number of imide groups is 1. The second-order valence-corrected chi connectivity index (χ2v) is 7.84. The molecule has 0 aromatic heterocycles. The van der Waals surface area contributed by atoms with Crippen LogP contribution in [0.15, 0.2) is 24.3 Å². The van der Waals surface area contributed by atoms with Gasteiger partial charge in [-0.25, -0.2) is 4.79 Å².